The molecule has 1 aromatic rings. The Bertz CT molecular complexity index is 525. The van der Waals surface area contributed by atoms with Crippen LogP contribution >= 0.6 is 0 Å². The monoisotopic (exact) mass is 308 g/mol. The van der Waals surface area contributed by atoms with Crippen LogP contribution in [0.25, 0.3) is 0 Å². The lowest BCUT2D eigenvalue weighted by Gasteiger charge is -2.26. The predicted molar refractivity (Wildman–Crippen MR) is 83.0 cm³/mol. The lowest BCUT2D eigenvalue weighted by Crippen LogP contribution is -2.42. The van der Waals surface area contributed by atoms with Crippen LogP contribution in [0.5, 0.6) is 5.75 Å². The van der Waals surface area contributed by atoms with E-state index in [1.54, 1.807) is 26.0 Å². The van der Waals surface area contributed by atoms with Crippen molar-refractivity contribution >= 4 is 11.9 Å². The van der Waals surface area contributed by atoms with Crippen molar-refractivity contribution in [2.45, 2.75) is 46.6 Å². The first-order valence-corrected chi connectivity index (χ1v) is 7.49. The molecule has 0 aliphatic heterocycles. The van der Waals surface area contributed by atoms with E-state index in [-0.39, 0.29) is 18.3 Å². The van der Waals surface area contributed by atoms with Crippen molar-refractivity contribution in [3.05, 3.63) is 24.0 Å². The van der Waals surface area contributed by atoms with Gasteiger partial charge in [-0.25, -0.2) is 4.98 Å². The molecule has 2 N–H and O–H groups in total. The van der Waals surface area contributed by atoms with Gasteiger partial charge in [-0.15, -0.1) is 0 Å². The van der Waals surface area contributed by atoms with Crippen LogP contribution in [0.4, 0.5) is 0 Å². The van der Waals surface area contributed by atoms with Crippen molar-refractivity contribution in [3.8, 4) is 5.75 Å². The molecule has 0 saturated carbocycles. The molecule has 6 heteroatoms. The van der Waals surface area contributed by atoms with Crippen molar-refractivity contribution in [2.24, 2.45) is 5.41 Å². The minimum atomic E-state index is -0.955. The van der Waals surface area contributed by atoms with Crippen LogP contribution in [0, 0.1) is 5.41 Å². The largest absolute Gasteiger partial charge is 0.489 e. The maximum Gasteiger partial charge on any atom is 0.311 e. The number of rotatable bonds is 8. The van der Waals surface area contributed by atoms with Crippen LogP contribution in [0.15, 0.2) is 18.3 Å². The topological polar surface area (TPSA) is 88.5 Å². The molecular formula is C16H24N2O4. The molecule has 0 fully saturated rings. The normalized spacial score (nSPS) is 11.3. The zero-order valence-electron chi connectivity index (χ0n) is 13.5. The molecule has 0 aliphatic rings. The first-order valence-electron chi connectivity index (χ1n) is 7.49. The minimum Gasteiger partial charge on any atom is -0.489 e. The van der Waals surface area contributed by atoms with Crippen LogP contribution in [0.3, 0.4) is 0 Å². The number of hydrogen-bond acceptors (Lipinski definition) is 4. The summed E-state index contributed by atoms with van der Waals surface area (Å²) in [5, 5.41) is 12.1. The number of pyridine rings is 1. The van der Waals surface area contributed by atoms with Gasteiger partial charge < -0.3 is 15.2 Å². The summed E-state index contributed by atoms with van der Waals surface area (Å²) >= 11 is 0. The first kappa shape index (κ1) is 17.9. The van der Waals surface area contributed by atoms with Gasteiger partial charge in [-0.3, -0.25) is 9.59 Å². The highest BCUT2D eigenvalue weighted by Gasteiger charge is 2.35. The summed E-state index contributed by atoms with van der Waals surface area (Å²) in [4.78, 5) is 27.8. The highest BCUT2D eigenvalue weighted by molar-refractivity contribution is 5.95. The Balaban J connectivity index is 2.88. The zero-order valence-corrected chi connectivity index (χ0v) is 13.5. The van der Waals surface area contributed by atoms with Gasteiger partial charge >= 0.3 is 5.97 Å². The Morgan fingerprint density at radius 3 is 2.50 bits per heavy atom. The van der Waals surface area contributed by atoms with Gasteiger partial charge in [0, 0.05) is 12.7 Å². The van der Waals surface area contributed by atoms with Gasteiger partial charge in [0.15, 0.2) is 11.4 Å². The summed E-state index contributed by atoms with van der Waals surface area (Å²) in [5.74, 6) is -0.940. The Labute approximate surface area is 130 Å². The Morgan fingerprint density at radius 1 is 1.36 bits per heavy atom. The number of amides is 1. The molecule has 0 unspecified atom stereocenters. The summed E-state index contributed by atoms with van der Waals surface area (Å²) in [6.07, 6.45) is 2.31. The number of hydrogen-bond donors (Lipinski definition) is 2. The number of carboxylic acids is 1. The molecule has 22 heavy (non-hydrogen) atoms. The minimum absolute atomic E-state index is 0.0614. The van der Waals surface area contributed by atoms with Crippen molar-refractivity contribution < 1.29 is 19.4 Å². The van der Waals surface area contributed by atoms with Crippen LogP contribution in [-0.4, -0.2) is 34.6 Å². The van der Waals surface area contributed by atoms with Gasteiger partial charge in [-0.05, 0) is 38.8 Å². The zero-order chi connectivity index (χ0) is 16.8. The molecule has 0 bridgehead atoms. The van der Waals surface area contributed by atoms with E-state index in [2.05, 4.69) is 10.3 Å². The quantitative estimate of drug-likeness (QED) is 0.770. The van der Waals surface area contributed by atoms with Gasteiger partial charge in [0.05, 0.1) is 11.5 Å². The van der Waals surface area contributed by atoms with Crippen LogP contribution < -0.4 is 10.1 Å². The van der Waals surface area contributed by atoms with Gasteiger partial charge in [-0.2, -0.15) is 0 Å². The van der Waals surface area contributed by atoms with E-state index in [0.717, 1.165) is 0 Å². The second kappa shape index (κ2) is 7.77. The Kier molecular flexibility index (Phi) is 6.34. The number of nitrogens with zero attached hydrogens (tertiary/aromatic N) is 1. The van der Waals surface area contributed by atoms with Gasteiger partial charge in [0.25, 0.3) is 5.91 Å². The SMILES string of the molecule is CCC(CC)(CNC(=O)c1ncccc1OC(C)C)C(=O)O. The van der Waals surface area contributed by atoms with Gasteiger partial charge in [0.2, 0.25) is 0 Å². The molecule has 122 valence electrons. The number of ether oxygens (including phenoxy) is 1. The smallest absolute Gasteiger partial charge is 0.311 e. The lowest BCUT2D eigenvalue weighted by molar-refractivity contribution is -0.149. The number of carboxylic acid groups (broad SMARTS) is 1. The Morgan fingerprint density at radius 2 is 2.00 bits per heavy atom. The third-order valence-corrected chi connectivity index (χ3v) is 3.74. The maximum absolute atomic E-state index is 12.3. The third-order valence-electron chi connectivity index (χ3n) is 3.74. The van der Waals surface area contributed by atoms with Crippen LogP contribution in [0.1, 0.15) is 51.0 Å². The molecule has 1 amide bonds. The molecule has 0 aliphatic carbocycles. The molecule has 0 aromatic carbocycles. The standard InChI is InChI=1S/C16H24N2O4/c1-5-16(6-2,15(20)21)10-18-14(19)13-12(22-11(3)4)8-7-9-17-13/h7-9,11H,5-6,10H2,1-4H3,(H,18,19)(H,20,21). The predicted octanol–water partition coefficient (Wildman–Crippen LogP) is 2.49. The van der Waals surface area contributed by atoms with E-state index in [0.29, 0.717) is 18.6 Å². The molecule has 0 atom stereocenters. The van der Waals surface area contributed by atoms with Crippen LogP contribution in [-0.2, 0) is 4.79 Å². The number of aromatic nitrogens is 1. The number of carbonyl (C=O) groups is 2. The molecule has 6 nitrogen and oxygen atoms in total. The summed E-state index contributed by atoms with van der Waals surface area (Å²) in [7, 11) is 0. The summed E-state index contributed by atoms with van der Waals surface area (Å²) in [6, 6.07) is 3.36. The molecule has 0 spiro atoms. The van der Waals surface area contributed by atoms with E-state index >= 15 is 0 Å². The fraction of sp³-hybridized carbons (Fsp3) is 0.562. The molecule has 1 heterocycles. The summed E-state index contributed by atoms with van der Waals surface area (Å²) in [5.41, 5.74) is -0.786. The van der Waals surface area contributed by atoms with Crippen molar-refractivity contribution in [1.82, 2.24) is 10.3 Å². The maximum atomic E-state index is 12.3. The van der Waals surface area contributed by atoms with Crippen molar-refractivity contribution in [1.29, 1.82) is 0 Å². The van der Waals surface area contributed by atoms with E-state index in [4.69, 9.17) is 4.74 Å². The van der Waals surface area contributed by atoms with E-state index in [1.807, 2.05) is 13.8 Å². The number of aliphatic carboxylic acids is 1. The highest BCUT2D eigenvalue weighted by atomic mass is 16.5. The fourth-order valence-electron chi connectivity index (χ4n) is 2.12. The summed E-state index contributed by atoms with van der Waals surface area (Å²) < 4.78 is 5.56. The first-order chi connectivity index (χ1) is 10.4. The van der Waals surface area contributed by atoms with E-state index < -0.39 is 17.3 Å². The molecule has 1 aromatic heterocycles. The van der Waals surface area contributed by atoms with E-state index in [1.165, 1.54) is 6.20 Å². The van der Waals surface area contributed by atoms with E-state index in [9.17, 15) is 14.7 Å². The fourth-order valence-corrected chi connectivity index (χ4v) is 2.12. The second-order valence-electron chi connectivity index (χ2n) is 5.49. The molecular weight excluding hydrogens is 284 g/mol. The van der Waals surface area contributed by atoms with Crippen LogP contribution in [0.2, 0.25) is 0 Å². The van der Waals surface area contributed by atoms with Crippen molar-refractivity contribution in [3.63, 3.8) is 0 Å². The van der Waals surface area contributed by atoms with Gasteiger partial charge in [-0.1, -0.05) is 13.8 Å². The van der Waals surface area contributed by atoms with Crippen molar-refractivity contribution in [2.75, 3.05) is 6.54 Å². The second-order valence-corrected chi connectivity index (χ2v) is 5.49. The lowest BCUT2D eigenvalue weighted by atomic mass is 9.82. The average molecular weight is 308 g/mol. The molecule has 1 rings (SSSR count). The van der Waals surface area contributed by atoms with Gasteiger partial charge in [0.1, 0.15) is 0 Å². The molecule has 0 saturated heterocycles. The molecule has 0 radical (unpaired) electrons. The number of nitrogens with one attached hydrogen (secondary N) is 1. The summed E-state index contributed by atoms with van der Waals surface area (Å²) in [6.45, 7) is 7.39. The third kappa shape index (κ3) is 4.19. The Hall–Kier alpha value is -2.11. The number of carbonyl (C=O) groups excluding carboxylic acids is 1. The average Bonchev–Trinajstić information content (AvgIpc) is 2.48. The highest BCUT2D eigenvalue weighted by Crippen LogP contribution is 2.26.